The number of urea groups is 1. The quantitative estimate of drug-likeness (QED) is 0.742. The van der Waals surface area contributed by atoms with E-state index < -0.39 is 10.0 Å². The van der Waals surface area contributed by atoms with Gasteiger partial charge < -0.3 is 15.0 Å². The third kappa shape index (κ3) is 4.31. The third-order valence-electron chi connectivity index (χ3n) is 5.59. The number of ether oxygens (including phenoxy) is 1. The molecule has 1 aliphatic heterocycles. The van der Waals surface area contributed by atoms with E-state index in [0.717, 1.165) is 4.88 Å². The number of sulfonamides is 1. The second kappa shape index (κ2) is 7.69. The molecule has 2 amide bonds. The molecule has 1 aromatic rings. The topological polar surface area (TPSA) is 79.0 Å². The molecule has 0 unspecified atom stereocenters. The zero-order valence-corrected chi connectivity index (χ0v) is 17.2. The van der Waals surface area contributed by atoms with Gasteiger partial charge in [0.25, 0.3) is 10.0 Å². The van der Waals surface area contributed by atoms with Crippen molar-refractivity contribution in [3.8, 4) is 0 Å². The summed E-state index contributed by atoms with van der Waals surface area (Å²) in [6, 6.07) is 3.73. The van der Waals surface area contributed by atoms with Crippen molar-refractivity contribution in [1.29, 1.82) is 0 Å². The first-order chi connectivity index (χ1) is 13.0. The highest BCUT2D eigenvalue weighted by molar-refractivity contribution is 7.91. The lowest BCUT2D eigenvalue weighted by molar-refractivity contribution is 0.0731. The molecule has 0 aromatic carbocycles. The Bertz CT molecular complexity index is 768. The minimum absolute atomic E-state index is 0.0650. The molecule has 0 bridgehead atoms. The van der Waals surface area contributed by atoms with Crippen molar-refractivity contribution < 1.29 is 17.9 Å². The number of nitrogens with one attached hydrogen (secondary N) is 1. The summed E-state index contributed by atoms with van der Waals surface area (Å²) in [5, 5.41) is 2.96. The Morgan fingerprint density at radius 1 is 1.26 bits per heavy atom. The molecule has 1 aromatic heterocycles. The van der Waals surface area contributed by atoms with Crippen molar-refractivity contribution in [3.05, 3.63) is 17.0 Å². The molecule has 9 heteroatoms. The Hall–Kier alpha value is -1.16. The predicted molar refractivity (Wildman–Crippen MR) is 103 cm³/mol. The molecule has 0 atom stereocenters. The minimum Gasteiger partial charge on any atom is -0.379 e. The molecular weight excluding hydrogens is 386 g/mol. The summed E-state index contributed by atoms with van der Waals surface area (Å²) >= 11 is 1.23. The normalized spacial score (nSPS) is 21.4. The highest BCUT2D eigenvalue weighted by Crippen LogP contribution is 2.46. The fourth-order valence-electron chi connectivity index (χ4n) is 3.82. The molecule has 0 spiro atoms. The summed E-state index contributed by atoms with van der Waals surface area (Å²) in [5.41, 5.74) is 0. The maximum atomic E-state index is 12.7. The monoisotopic (exact) mass is 413 g/mol. The van der Waals surface area contributed by atoms with E-state index in [2.05, 4.69) is 5.32 Å². The standard InChI is InChI=1S/C18H27N3O4S2/c1-20(17(13-2-3-13)14-4-5-14)18(22)19-12-15-6-7-16(26-15)27(23,24)21-8-10-25-11-9-21/h6-7,13-14,17H,2-5,8-12H2,1H3,(H,19,22). The van der Waals surface area contributed by atoms with Crippen LogP contribution in [0.3, 0.4) is 0 Å². The first kappa shape index (κ1) is 19.2. The smallest absolute Gasteiger partial charge is 0.317 e. The molecule has 1 saturated heterocycles. The highest BCUT2D eigenvalue weighted by atomic mass is 32.2. The summed E-state index contributed by atoms with van der Waals surface area (Å²) < 4.78 is 32.4. The number of carbonyl (C=O) groups is 1. The van der Waals surface area contributed by atoms with Crippen molar-refractivity contribution in [1.82, 2.24) is 14.5 Å². The Kier molecular flexibility index (Phi) is 5.46. The summed E-state index contributed by atoms with van der Waals surface area (Å²) in [6.07, 6.45) is 4.91. The molecule has 3 fully saturated rings. The van der Waals surface area contributed by atoms with Crippen LogP contribution in [-0.4, -0.2) is 63.0 Å². The van der Waals surface area contributed by atoms with E-state index in [1.54, 1.807) is 12.1 Å². The fraction of sp³-hybridized carbons (Fsp3) is 0.722. The van der Waals surface area contributed by atoms with Crippen LogP contribution < -0.4 is 5.32 Å². The van der Waals surface area contributed by atoms with Crippen LogP contribution in [0.2, 0.25) is 0 Å². The number of carbonyl (C=O) groups excluding carboxylic acids is 1. The van der Waals surface area contributed by atoms with Crippen molar-refractivity contribution in [2.24, 2.45) is 11.8 Å². The lowest BCUT2D eigenvalue weighted by Crippen LogP contribution is -2.45. The van der Waals surface area contributed by atoms with Crippen molar-refractivity contribution in [3.63, 3.8) is 0 Å². The van der Waals surface area contributed by atoms with Gasteiger partial charge in [-0.1, -0.05) is 0 Å². The zero-order valence-electron chi connectivity index (χ0n) is 15.6. The second-order valence-electron chi connectivity index (χ2n) is 7.67. The molecule has 2 saturated carbocycles. The van der Waals surface area contributed by atoms with Crippen LogP contribution in [0.15, 0.2) is 16.3 Å². The maximum Gasteiger partial charge on any atom is 0.317 e. The average Bonchev–Trinajstić information content (AvgIpc) is 3.61. The number of amides is 2. The molecule has 150 valence electrons. The Morgan fingerprint density at radius 3 is 2.48 bits per heavy atom. The van der Waals surface area contributed by atoms with E-state index >= 15 is 0 Å². The number of hydrogen-bond donors (Lipinski definition) is 1. The average molecular weight is 414 g/mol. The van der Waals surface area contributed by atoms with Crippen LogP contribution in [-0.2, 0) is 21.3 Å². The van der Waals surface area contributed by atoms with Crippen LogP contribution in [0.1, 0.15) is 30.6 Å². The van der Waals surface area contributed by atoms with Crippen LogP contribution >= 0.6 is 11.3 Å². The molecule has 0 radical (unpaired) electrons. The van der Waals surface area contributed by atoms with Gasteiger partial charge in [-0.25, -0.2) is 13.2 Å². The molecule has 2 heterocycles. The minimum atomic E-state index is -3.47. The Balaban J connectivity index is 1.34. The van der Waals surface area contributed by atoms with Crippen molar-refractivity contribution in [2.75, 3.05) is 33.4 Å². The van der Waals surface area contributed by atoms with Gasteiger partial charge in [-0.3, -0.25) is 0 Å². The van der Waals surface area contributed by atoms with Crippen LogP contribution in [0.4, 0.5) is 4.79 Å². The van der Waals surface area contributed by atoms with Gasteiger partial charge in [-0.15, -0.1) is 11.3 Å². The van der Waals surface area contributed by atoms with Crippen molar-refractivity contribution >= 4 is 27.4 Å². The lowest BCUT2D eigenvalue weighted by atomic mass is 10.1. The number of rotatable bonds is 7. The summed E-state index contributed by atoms with van der Waals surface area (Å²) in [5.74, 6) is 1.33. The fourth-order valence-corrected chi connectivity index (χ4v) is 6.68. The Labute approximate surface area is 164 Å². The first-order valence-corrected chi connectivity index (χ1v) is 11.9. The van der Waals surface area contributed by atoms with E-state index in [4.69, 9.17) is 4.74 Å². The largest absolute Gasteiger partial charge is 0.379 e. The summed E-state index contributed by atoms with van der Waals surface area (Å²) in [7, 11) is -1.58. The highest BCUT2D eigenvalue weighted by Gasteiger charge is 2.44. The van der Waals surface area contributed by atoms with Crippen LogP contribution in [0.5, 0.6) is 0 Å². The van der Waals surface area contributed by atoms with Crippen LogP contribution in [0.25, 0.3) is 0 Å². The zero-order chi connectivity index (χ0) is 19.0. The number of hydrogen-bond acceptors (Lipinski definition) is 5. The molecule has 27 heavy (non-hydrogen) atoms. The number of morpholine rings is 1. The Morgan fingerprint density at radius 2 is 1.89 bits per heavy atom. The third-order valence-corrected chi connectivity index (χ3v) is 9.04. The van der Waals surface area contributed by atoms with E-state index in [-0.39, 0.29) is 6.03 Å². The van der Waals surface area contributed by atoms with Gasteiger partial charge >= 0.3 is 6.03 Å². The second-order valence-corrected chi connectivity index (χ2v) is 11.0. The molecule has 7 nitrogen and oxygen atoms in total. The number of thiophene rings is 1. The van der Waals surface area contributed by atoms with E-state index in [1.807, 2.05) is 11.9 Å². The molecule has 1 N–H and O–H groups in total. The van der Waals surface area contributed by atoms with Crippen molar-refractivity contribution in [2.45, 2.75) is 42.5 Å². The number of nitrogens with zero attached hydrogens (tertiary/aromatic N) is 2. The van der Waals surface area contributed by atoms with Gasteiger partial charge in [-0.2, -0.15) is 4.31 Å². The molecular formula is C18H27N3O4S2. The van der Waals surface area contributed by atoms with E-state index in [9.17, 15) is 13.2 Å². The summed E-state index contributed by atoms with van der Waals surface area (Å²) in [4.78, 5) is 15.3. The lowest BCUT2D eigenvalue weighted by Gasteiger charge is -2.28. The van der Waals surface area contributed by atoms with E-state index in [1.165, 1.54) is 41.3 Å². The molecule has 2 aliphatic carbocycles. The van der Waals surface area contributed by atoms with Gasteiger partial charge in [-0.05, 0) is 49.7 Å². The maximum absolute atomic E-state index is 12.7. The van der Waals surface area contributed by atoms with Gasteiger partial charge in [0, 0.05) is 31.1 Å². The predicted octanol–water partition coefficient (Wildman–Crippen LogP) is 2.10. The van der Waals surface area contributed by atoms with Gasteiger partial charge in [0.15, 0.2) is 0 Å². The van der Waals surface area contributed by atoms with Gasteiger partial charge in [0.2, 0.25) is 0 Å². The SMILES string of the molecule is CN(C(=O)NCc1ccc(S(=O)(=O)N2CCOCC2)s1)C(C1CC1)C1CC1. The molecule has 4 rings (SSSR count). The summed E-state index contributed by atoms with van der Waals surface area (Å²) in [6.45, 7) is 2.00. The first-order valence-electron chi connectivity index (χ1n) is 9.64. The van der Waals surface area contributed by atoms with Gasteiger partial charge in [0.05, 0.1) is 19.8 Å². The molecule has 3 aliphatic rings. The van der Waals surface area contributed by atoms with Crippen LogP contribution in [0, 0.1) is 11.8 Å². The van der Waals surface area contributed by atoms with Gasteiger partial charge in [0.1, 0.15) is 4.21 Å². The van der Waals surface area contributed by atoms with E-state index in [0.29, 0.717) is 54.9 Å².